The van der Waals surface area contributed by atoms with E-state index < -0.39 is 19.0 Å². The van der Waals surface area contributed by atoms with Gasteiger partial charge in [-0.25, -0.2) is 8.78 Å². The predicted octanol–water partition coefficient (Wildman–Crippen LogP) is 0.182. The zero-order valence-corrected chi connectivity index (χ0v) is 9.35. The van der Waals surface area contributed by atoms with Crippen molar-refractivity contribution in [3.63, 3.8) is 0 Å². The maximum atomic E-state index is 12.7. The molecule has 0 unspecified atom stereocenters. The smallest absolute Gasteiger partial charge is 0.277 e. The molecule has 1 aliphatic rings. The molecular formula is C10H19F2N3O. The summed E-state index contributed by atoms with van der Waals surface area (Å²) < 4.78 is 25.4. The molecule has 0 saturated carbocycles. The average molecular weight is 235 g/mol. The Bertz CT molecular complexity index is 230. The van der Waals surface area contributed by atoms with Crippen LogP contribution in [0.3, 0.4) is 0 Å². The molecule has 0 aliphatic carbocycles. The van der Waals surface area contributed by atoms with Gasteiger partial charge in [0.1, 0.15) is 0 Å². The Labute approximate surface area is 94.2 Å². The summed E-state index contributed by atoms with van der Waals surface area (Å²) in [5.41, 5.74) is 4.86. The molecule has 1 aliphatic heterocycles. The zero-order valence-electron chi connectivity index (χ0n) is 9.35. The SMILES string of the molecule is NCC(F)(F)CNC(=O)CCN1CCCC1. The highest BCUT2D eigenvalue weighted by Gasteiger charge is 2.27. The summed E-state index contributed by atoms with van der Waals surface area (Å²) >= 11 is 0. The number of alkyl halides is 2. The van der Waals surface area contributed by atoms with Crippen LogP contribution in [0.2, 0.25) is 0 Å². The Kier molecular flexibility index (Phi) is 5.08. The van der Waals surface area contributed by atoms with Crippen molar-refractivity contribution >= 4 is 5.91 Å². The Morgan fingerprint density at radius 3 is 2.56 bits per heavy atom. The first-order valence-electron chi connectivity index (χ1n) is 5.60. The fourth-order valence-corrected chi connectivity index (χ4v) is 1.65. The third kappa shape index (κ3) is 4.85. The largest absolute Gasteiger partial charge is 0.350 e. The molecule has 0 bridgehead atoms. The third-order valence-corrected chi connectivity index (χ3v) is 2.70. The molecule has 4 nitrogen and oxygen atoms in total. The quantitative estimate of drug-likeness (QED) is 0.690. The van der Waals surface area contributed by atoms with Crippen LogP contribution in [0, 0.1) is 0 Å². The summed E-state index contributed by atoms with van der Waals surface area (Å²) in [6.07, 6.45) is 2.60. The summed E-state index contributed by atoms with van der Waals surface area (Å²) in [5, 5.41) is 2.20. The van der Waals surface area contributed by atoms with Gasteiger partial charge in [-0.2, -0.15) is 0 Å². The highest BCUT2D eigenvalue weighted by atomic mass is 19.3. The van der Waals surface area contributed by atoms with Crippen LogP contribution in [0.15, 0.2) is 0 Å². The van der Waals surface area contributed by atoms with Gasteiger partial charge in [-0.1, -0.05) is 0 Å². The van der Waals surface area contributed by atoms with Gasteiger partial charge < -0.3 is 16.0 Å². The topological polar surface area (TPSA) is 58.4 Å². The van der Waals surface area contributed by atoms with Crippen molar-refractivity contribution in [3.05, 3.63) is 0 Å². The molecule has 16 heavy (non-hydrogen) atoms. The summed E-state index contributed by atoms with van der Waals surface area (Å²) in [5.74, 6) is -3.33. The second-order valence-corrected chi connectivity index (χ2v) is 4.14. The van der Waals surface area contributed by atoms with E-state index in [1.165, 1.54) is 0 Å². The molecule has 0 atom stereocenters. The van der Waals surface area contributed by atoms with Crippen molar-refractivity contribution < 1.29 is 13.6 Å². The number of nitrogens with one attached hydrogen (secondary N) is 1. The van der Waals surface area contributed by atoms with Crippen molar-refractivity contribution in [2.75, 3.05) is 32.7 Å². The molecule has 0 aromatic carbocycles. The molecule has 1 fully saturated rings. The first-order valence-corrected chi connectivity index (χ1v) is 5.60. The van der Waals surface area contributed by atoms with Gasteiger partial charge in [-0.05, 0) is 25.9 Å². The maximum absolute atomic E-state index is 12.7. The van der Waals surface area contributed by atoms with Crippen molar-refractivity contribution in [1.82, 2.24) is 10.2 Å². The third-order valence-electron chi connectivity index (χ3n) is 2.70. The predicted molar refractivity (Wildman–Crippen MR) is 57.3 cm³/mol. The van der Waals surface area contributed by atoms with Gasteiger partial charge in [-0.3, -0.25) is 4.79 Å². The Balaban J connectivity index is 2.10. The Hall–Kier alpha value is -0.750. The first-order chi connectivity index (χ1) is 7.53. The minimum absolute atomic E-state index is 0.278. The molecule has 1 saturated heterocycles. The van der Waals surface area contributed by atoms with E-state index in [0.29, 0.717) is 6.54 Å². The van der Waals surface area contributed by atoms with E-state index in [4.69, 9.17) is 5.73 Å². The van der Waals surface area contributed by atoms with Crippen LogP contribution in [0.5, 0.6) is 0 Å². The highest BCUT2D eigenvalue weighted by molar-refractivity contribution is 5.76. The molecule has 1 heterocycles. The normalized spacial score (nSPS) is 17.7. The van der Waals surface area contributed by atoms with Gasteiger partial charge in [0.05, 0.1) is 13.1 Å². The molecule has 1 amide bonds. The standard InChI is InChI=1S/C10H19F2N3O/c11-10(12,7-13)8-14-9(16)3-6-15-4-1-2-5-15/h1-8,13H2,(H,14,16). The number of nitrogens with two attached hydrogens (primary N) is 1. The van der Waals surface area contributed by atoms with Crippen LogP contribution in [0.4, 0.5) is 8.78 Å². The number of rotatable bonds is 6. The molecule has 0 aromatic heterocycles. The molecule has 0 spiro atoms. The van der Waals surface area contributed by atoms with Gasteiger partial charge in [-0.15, -0.1) is 0 Å². The molecule has 0 aromatic rings. The van der Waals surface area contributed by atoms with Crippen LogP contribution in [0.25, 0.3) is 0 Å². The summed E-state index contributed by atoms with van der Waals surface area (Å²) in [6, 6.07) is 0. The fourth-order valence-electron chi connectivity index (χ4n) is 1.65. The van der Waals surface area contributed by atoms with E-state index in [-0.39, 0.29) is 12.3 Å². The van der Waals surface area contributed by atoms with E-state index in [0.717, 1.165) is 25.9 Å². The van der Waals surface area contributed by atoms with Crippen molar-refractivity contribution in [1.29, 1.82) is 0 Å². The molecule has 0 radical (unpaired) electrons. The molecule has 6 heteroatoms. The van der Waals surface area contributed by atoms with Gasteiger partial charge in [0.25, 0.3) is 5.92 Å². The van der Waals surface area contributed by atoms with Gasteiger partial charge in [0, 0.05) is 13.0 Å². The first kappa shape index (κ1) is 13.3. The van der Waals surface area contributed by atoms with Crippen LogP contribution in [-0.2, 0) is 4.79 Å². The second-order valence-electron chi connectivity index (χ2n) is 4.14. The van der Waals surface area contributed by atoms with Crippen molar-refractivity contribution in [2.24, 2.45) is 5.73 Å². The summed E-state index contributed by atoms with van der Waals surface area (Å²) in [4.78, 5) is 13.4. The Morgan fingerprint density at radius 2 is 2.00 bits per heavy atom. The number of hydrogen-bond acceptors (Lipinski definition) is 3. The molecule has 94 valence electrons. The van der Waals surface area contributed by atoms with E-state index in [1.807, 2.05) is 0 Å². The monoisotopic (exact) mass is 235 g/mol. The molecule has 3 N–H and O–H groups in total. The average Bonchev–Trinajstić information content (AvgIpc) is 2.76. The van der Waals surface area contributed by atoms with Crippen molar-refractivity contribution in [2.45, 2.75) is 25.2 Å². The lowest BCUT2D eigenvalue weighted by Crippen LogP contribution is -2.42. The molecule has 1 rings (SSSR count). The summed E-state index contributed by atoms with van der Waals surface area (Å²) in [7, 11) is 0. The minimum atomic E-state index is -3.00. The number of hydrogen-bond donors (Lipinski definition) is 2. The van der Waals surface area contributed by atoms with E-state index in [1.54, 1.807) is 0 Å². The number of carbonyl (C=O) groups excluding carboxylic acids is 1. The minimum Gasteiger partial charge on any atom is -0.350 e. The van der Waals surface area contributed by atoms with E-state index in [9.17, 15) is 13.6 Å². The van der Waals surface area contributed by atoms with Crippen LogP contribution < -0.4 is 11.1 Å². The summed E-state index contributed by atoms with van der Waals surface area (Å²) in [6.45, 7) is 1.26. The lowest BCUT2D eigenvalue weighted by molar-refractivity contribution is -0.123. The van der Waals surface area contributed by atoms with Crippen LogP contribution >= 0.6 is 0 Å². The number of carbonyl (C=O) groups is 1. The zero-order chi connectivity index (χ0) is 12.0. The van der Waals surface area contributed by atoms with Crippen molar-refractivity contribution in [3.8, 4) is 0 Å². The number of likely N-dealkylation sites (tertiary alicyclic amines) is 1. The highest BCUT2D eigenvalue weighted by Crippen LogP contribution is 2.09. The lowest BCUT2D eigenvalue weighted by atomic mass is 10.3. The van der Waals surface area contributed by atoms with E-state index >= 15 is 0 Å². The fraction of sp³-hybridized carbons (Fsp3) is 0.900. The number of amides is 1. The Morgan fingerprint density at radius 1 is 1.38 bits per heavy atom. The van der Waals surface area contributed by atoms with Crippen LogP contribution in [-0.4, -0.2) is 49.5 Å². The van der Waals surface area contributed by atoms with E-state index in [2.05, 4.69) is 10.2 Å². The number of nitrogens with zero attached hydrogens (tertiary/aromatic N) is 1. The lowest BCUT2D eigenvalue weighted by Gasteiger charge is -2.16. The second kappa shape index (κ2) is 6.10. The van der Waals surface area contributed by atoms with Gasteiger partial charge >= 0.3 is 0 Å². The van der Waals surface area contributed by atoms with Crippen LogP contribution in [0.1, 0.15) is 19.3 Å². The van der Waals surface area contributed by atoms with Gasteiger partial charge in [0.15, 0.2) is 0 Å². The number of halogens is 2. The molecular weight excluding hydrogens is 216 g/mol. The maximum Gasteiger partial charge on any atom is 0.277 e. The van der Waals surface area contributed by atoms with Gasteiger partial charge in [0.2, 0.25) is 5.91 Å².